The molecular formula is C44H25N3S. The molecule has 7 aromatic carbocycles. The van der Waals surface area contributed by atoms with Gasteiger partial charge in [0.15, 0.2) is 5.69 Å². The Morgan fingerprint density at radius 1 is 0.479 bits per heavy atom. The van der Waals surface area contributed by atoms with Crippen LogP contribution in [-0.2, 0) is 0 Å². The number of hydrogen-bond acceptors (Lipinski definition) is 2. The molecule has 48 heavy (non-hydrogen) atoms. The first-order valence-electron chi connectivity index (χ1n) is 16.0. The van der Waals surface area contributed by atoms with Gasteiger partial charge in [-0.2, -0.15) is 0 Å². The first-order valence-corrected chi connectivity index (χ1v) is 16.8. The molecule has 10 rings (SSSR count). The third kappa shape index (κ3) is 3.89. The predicted molar refractivity (Wildman–Crippen MR) is 204 cm³/mol. The van der Waals surface area contributed by atoms with Crippen molar-refractivity contribution in [3.05, 3.63) is 163 Å². The van der Waals surface area contributed by atoms with Crippen LogP contribution in [0.5, 0.6) is 0 Å². The fraction of sp³-hybridized carbons (Fsp3) is 0. The maximum absolute atomic E-state index is 7.81. The highest BCUT2D eigenvalue weighted by Gasteiger charge is 2.19. The zero-order valence-corrected chi connectivity index (χ0v) is 26.5. The SMILES string of the molecule is [C-]#[N+]c1ccc2c(c1)c1cc(-c3c4ccccc4c(-c4ccncc4)c4ccccc34)ccc1n2-c1ccc2sc3ccccc3c2c1. The highest BCUT2D eigenvalue weighted by molar-refractivity contribution is 7.25. The molecule has 0 unspecified atom stereocenters. The number of hydrogen-bond donors (Lipinski definition) is 0. The Labute approximate surface area is 280 Å². The second-order valence-corrected chi connectivity index (χ2v) is 13.3. The summed E-state index contributed by atoms with van der Waals surface area (Å²) in [6.07, 6.45) is 3.74. The van der Waals surface area contributed by atoms with Crippen LogP contribution < -0.4 is 0 Å². The van der Waals surface area contributed by atoms with E-state index in [-0.39, 0.29) is 0 Å². The Bertz CT molecular complexity index is 2900. The van der Waals surface area contributed by atoms with Gasteiger partial charge < -0.3 is 4.57 Å². The molecular weight excluding hydrogens is 603 g/mol. The predicted octanol–water partition coefficient (Wildman–Crippen LogP) is 12.7. The van der Waals surface area contributed by atoms with Crippen LogP contribution >= 0.6 is 11.3 Å². The number of thiophene rings is 1. The van der Waals surface area contributed by atoms with Crippen molar-refractivity contribution in [2.45, 2.75) is 0 Å². The first-order chi connectivity index (χ1) is 23.8. The number of aromatic nitrogens is 2. The van der Waals surface area contributed by atoms with Crippen LogP contribution in [0.15, 0.2) is 152 Å². The summed E-state index contributed by atoms with van der Waals surface area (Å²) < 4.78 is 4.94. The fourth-order valence-corrected chi connectivity index (χ4v) is 8.72. The van der Waals surface area contributed by atoms with Crippen LogP contribution in [0.3, 0.4) is 0 Å². The van der Waals surface area contributed by atoms with E-state index in [1.54, 1.807) is 0 Å². The molecule has 0 fully saturated rings. The normalized spacial score (nSPS) is 11.7. The Kier molecular flexibility index (Phi) is 5.81. The molecule has 0 saturated carbocycles. The van der Waals surface area contributed by atoms with Crippen LogP contribution in [0, 0.1) is 6.57 Å². The molecule has 0 saturated heterocycles. The van der Waals surface area contributed by atoms with Gasteiger partial charge in [-0.05, 0) is 110 Å². The topological polar surface area (TPSA) is 22.2 Å². The number of pyridine rings is 1. The minimum Gasteiger partial charge on any atom is -0.309 e. The smallest absolute Gasteiger partial charge is 0.188 e. The summed E-state index contributed by atoms with van der Waals surface area (Å²) in [5.74, 6) is 0. The second kappa shape index (κ2) is 10.4. The highest BCUT2D eigenvalue weighted by Crippen LogP contribution is 2.45. The zero-order valence-electron chi connectivity index (χ0n) is 25.7. The molecule has 0 bridgehead atoms. The first kappa shape index (κ1) is 26.9. The lowest BCUT2D eigenvalue weighted by molar-refractivity contribution is 1.19. The van der Waals surface area contributed by atoms with Gasteiger partial charge in [-0.3, -0.25) is 4.98 Å². The Morgan fingerprint density at radius 2 is 1.06 bits per heavy atom. The van der Waals surface area contributed by atoms with Crippen molar-refractivity contribution < 1.29 is 0 Å². The molecule has 10 aromatic rings. The van der Waals surface area contributed by atoms with Gasteiger partial charge in [-0.25, -0.2) is 4.85 Å². The lowest BCUT2D eigenvalue weighted by Crippen LogP contribution is -1.94. The summed E-state index contributed by atoms with van der Waals surface area (Å²) >= 11 is 1.83. The maximum atomic E-state index is 7.81. The van der Waals surface area contributed by atoms with Crippen LogP contribution in [0.2, 0.25) is 0 Å². The minimum atomic E-state index is 0.642. The monoisotopic (exact) mass is 627 g/mol. The third-order valence-corrected chi connectivity index (χ3v) is 10.8. The zero-order chi connectivity index (χ0) is 31.8. The molecule has 0 spiro atoms. The third-order valence-electron chi connectivity index (χ3n) is 9.69. The van der Waals surface area contributed by atoms with Crippen molar-refractivity contribution in [1.82, 2.24) is 9.55 Å². The van der Waals surface area contributed by atoms with Gasteiger partial charge in [0.05, 0.1) is 17.6 Å². The van der Waals surface area contributed by atoms with Crippen molar-refractivity contribution in [3.63, 3.8) is 0 Å². The van der Waals surface area contributed by atoms with Gasteiger partial charge >= 0.3 is 0 Å². The van der Waals surface area contributed by atoms with E-state index in [1.165, 1.54) is 52.8 Å². The van der Waals surface area contributed by atoms with E-state index in [0.29, 0.717) is 5.69 Å². The summed E-state index contributed by atoms with van der Waals surface area (Å²) in [6.45, 7) is 7.81. The number of fused-ring (bicyclic) bond motifs is 8. The molecule has 0 aliphatic rings. The van der Waals surface area contributed by atoms with Crippen LogP contribution in [0.1, 0.15) is 0 Å². The van der Waals surface area contributed by atoms with E-state index in [1.807, 2.05) is 35.9 Å². The molecule has 0 aliphatic carbocycles. The summed E-state index contributed by atoms with van der Waals surface area (Å²) in [7, 11) is 0. The van der Waals surface area contributed by atoms with Crippen molar-refractivity contribution in [3.8, 4) is 27.9 Å². The van der Waals surface area contributed by atoms with Crippen molar-refractivity contribution in [2.24, 2.45) is 0 Å². The van der Waals surface area contributed by atoms with Gasteiger partial charge in [0.2, 0.25) is 0 Å². The van der Waals surface area contributed by atoms with E-state index in [9.17, 15) is 0 Å². The summed E-state index contributed by atoms with van der Waals surface area (Å²) in [5, 5.41) is 9.62. The van der Waals surface area contributed by atoms with Gasteiger partial charge in [0, 0.05) is 43.6 Å². The quantitative estimate of drug-likeness (QED) is 0.141. The number of rotatable bonds is 3. The molecule has 0 radical (unpaired) electrons. The lowest BCUT2D eigenvalue weighted by Gasteiger charge is -2.17. The van der Waals surface area contributed by atoms with E-state index in [2.05, 4.69) is 142 Å². The molecule has 222 valence electrons. The highest BCUT2D eigenvalue weighted by atomic mass is 32.1. The summed E-state index contributed by atoms with van der Waals surface area (Å²) in [4.78, 5) is 8.11. The summed E-state index contributed by atoms with van der Waals surface area (Å²) in [6, 6.07) is 50.1. The van der Waals surface area contributed by atoms with Crippen molar-refractivity contribution in [2.75, 3.05) is 0 Å². The lowest BCUT2D eigenvalue weighted by atomic mass is 9.86. The van der Waals surface area contributed by atoms with E-state index in [4.69, 9.17) is 6.57 Å². The average molecular weight is 628 g/mol. The van der Waals surface area contributed by atoms with Gasteiger partial charge in [0.25, 0.3) is 0 Å². The molecule has 0 aliphatic heterocycles. The van der Waals surface area contributed by atoms with E-state index < -0.39 is 0 Å². The van der Waals surface area contributed by atoms with Crippen LogP contribution in [0.25, 0.3) is 96.3 Å². The Hall–Kier alpha value is -6.28. The van der Waals surface area contributed by atoms with Gasteiger partial charge in [-0.15, -0.1) is 11.3 Å². The maximum Gasteiger partial charge on any atom is 0.188 e. The van der Waals surface area contributed by atoms with Gasteiger partial charge in [0.1, 0.15) is 0 Å². The Morgan fingerprint density at radius 3 is 1.75 bits per heavy atom. The largest absolute Gasteiger partial charge is 0.309 e. The molecule has 0 N–H and O–H groups in total. The average Bonchev–Trinajstić information content (AvgIpc) is 3.68. The van der Waals surface area contributed by atoms with Crippen molar-refractivity contribution >= 4 is 80.5 Å². The van der Waals surface area contributed by atoms with E-state index >= 15 is 0 Å². The van der Waals surface area contributed by atoms with Crippen LogP contribution in [-0.4, -0.2) is 9.55 Å². The second-order valence-electron chi connectivity index (χ2n) is 12.2. The number of nitrogens with zero attached hydrogens (tertiary/aromatic N) is 3. The standard InChI is InChI=1S/C44H25N3S/c1-45-29-15-18-40-37(25-29)36-24-28(14-17-39(36)47(40)30-16-19-42-38(26-30)31-8-6-7-13-41(31)48-42)44-34-11-4-2-9-32(34)43(27-20-22-46-23-21-27)33-10-3-5-12-35(33)44/h2-26H. The van der Waals surface area contributed by atoms with Crippen molar-refractivity contribution in [1.29, 1.82) is 0 Å². The molecule has 3 aromatic heterocycles. The minimum absolute atomic E-state index is 0.642. The van der Waals surface area contributed by atoms with E-state index in [0.717, 1.165) is 38.6 Å². The fourth-order valence-electron chi connectivity index (χ4n) is 7.64. The molecule has 0 amide bonds. The van der Waals surface area contributed by atoms with Crippen LogP contribution in [0.4, 0.5) is 5.69 Å². The molecule has 3 nitrogen and oxygen atoms in total. The molecule has 4 heteroatoms. The summed E-state index contributed by atoms with van der Waals surface area (Å²) in [5.41, 5.74) is 8.73. The Balaban J connectivity index is 1.28. The number of benzene rings is 7. The molecule has 3 heterocycles. The van der Waals surface area contributed by atoms with Gasteiger partial charge in [-0.1, -0.05) is 78.9 Å². The molecule has 0 atom stereocenters.